The third-order valence-electron chi connectivity index (χ3n) is 1.62. The average molecular weight is 158 g/mol. The van der Waals surface area contributed by atoms with Crippen molar-refractivity contribution >= 4 is 0 Å². The van der Waals surface area contributed by atoms with E-state index in [0.717, 1.165) is 0 Å². The number of hydrogen-bond donors (Lipinski definition) is 0. The zero-order valence-corrected chi connectivity index (χ0v) is 7.90. The van der Waals surface area contributed by atoms with Crippen LogP contribution in [0.15, 0.2) is 12.2 Å². The van der Waals surface area contributed by atoms with Gasteiger partial charge >= 0.3 is 0 Å². The minimum absolute atomic E-state index is 0. The summed E-state index contributed by atoms with van der Waals surface area (Å²) in [5.74, 6) is 0. The topological polar surface area (TPSA) is 31.5 Å². The molecule has 0 bridgehead atoms. The molecule has 0 heterocycles. The van der Waals surface area contributed by atoms with Crippen molar-refractivity contribution < 1.29 is 5.48 Å². The largest absolute Gasteiger partial charge is 0.412 e. The normalized spacial score (nSPS) is 10.0. The van der Waals surface area contributed by atoms with Crippen LogP contribution in [0.3, 0.4) is 0 Å². The quantitative estimate of drug-likeness (QED) is 0.420. The van der Waals surface area contributed by atoms with Crippen LogP contribution in [0.1, 0.15) is 52.4 Å². The molecule has 11 heavy (non-hydrogen) atoms. The minimum Gasteiger partial charge on any atom is -0.412 e. The van der Waals surface area contributed by atoms with Gasteiger partial charge in [-0.1, -0.05) is 51.7 Å². The van der Waals surface area contributed by atoms with Crippen LogP contribution in [0.4, 0.5) is 0 Å². The molecule has 0 aromatic carbocycles. The van der Waals surface area contributed by atoms with Gasteiger partial charge in [0.15, 0.2) is 0 Å². The Morgan fingerprint density at radius 3 is 1.45 bits per heavy atom. The van der Waals surface area contributed by atoms with Crippen LogP contribution in [-0.4, -0.2) is 5.48 Å². The Balaban J connectivity index is 0. The van der Waals surface area contributed by atoms with Crippen LogP contribution in [0.2, 0.25) is 0 Å². The molecule has 2 N–H and O–H groups in total. The second-order valence-corrected chi connectivity index (χ2v) is 2.76. The molecule has 0 radical (unpaired) electrons. The van der Waals surface area contributed by atoms with Crippen LogP contribution < -0.4 is 0 Å². The summed E-state index contributed by atoms with van der Waals surface area (Å²) >= 11 is 0. The molecular formula is C10H22O. The summed E-state index contributed by atoms with van der Waals surface area (Å²) in [6, 6.07) is 0. The SMILES string of the molecule is CCCCC=CCCCC.O. The van der Waals surface area contributed by atoms with Gasteiger partial charge in [-0.15, -0.1) is 0 Å². The van der Waals surface area contributed by atoms with Gasteiger partial charge in [-0.05, 0) is 12.8 Å². The van der Waals surface area contributed by atoms with E-state index in [1.54, 1.807) is 0 Å². The molecule has 0 saturated carbocycles. The van der Waals surface area contributed by atoms with Crippen LogP contribution in [0, 0.1) is 0 Å². The smallest absolute Gasteiger partial charge is 0.0351 e. The van der Waals surface area contributed by atoms with Crippen molar-refractivity contribution in [1.82, 2.24) is 0 Å². The molecule has 0 aliphatic rings. The van der Waals surface area contributed by atoms with Crippen molar-refractivity contribution in [3.05, 3.63) is 12.2 Å². The number of unbranched alkanes of at least 4 members (excludes halogenated alkanes) is 4. The molecule has 0 spiro atoms. The lowest BCUT2D eigenvalue weighted by molar-refractivity contribution is 0.793. The van der Waals surface area contributed by atoms with Crippen molar-refractivity contribution in [2.24, 2.45) is 0 Å². The summed E-state index contributed by atoms with van der Waals surface area (Å²) in [6.07, 6.45) is 12.5. The third-order valence-corrected chi connectivity index (χ3v) is 1.62. The zero-order valence-electron chi connectivity index (χ0n) is 7.90. The van der Waals surface area contributed by atoms with Crippen LogP contribution in [0.25, 0.3) is 0 Å². The Bertz CT molecular complexity index is 66.9. The van der Waals surface area contributed by atoms with Gasteiger partial charge in [0.2, 0.25) is 0 Å². The first-order chi connectivity index (χ1) is 4.91. The van der Waals surface area contributed by atoms with Gasteiger partial charge in [0, 0.05) is 0 Å². The summed E-state index contributed by atoms with van der Waals surface area (Å²) in [7, 11) is 0. The molecular weight excluding hydrogens is 136 g/mol. The fourth-order valence-corrected chi connectivity index (χ4v) is 0.880. The summed E-state index contributed by atoms with van der Waals surface area (Å²) in [4.78, 5) is 0. The molecule has 68 valence electrons. The maximum atomic E-state index is 2.32. The predicted octanol–water partition coefficient (Wildman–Crippen LogP) is 3.10. The lowest BCUT2D eigenvalue weighted by Gasteiger charge is -1.89. The van der Waals surface area contributed by atoms with E-state index in [0.29, 0.717) is 0 Å². The van der Waals surface area contributed by atoms with Gasteiger partial charge in [0.05, 0.1) is 0 Å². The Kier molecular flexibility index (Phi) is 15.0. The first kappa shape index (κ1) is 13.3. The van der Waals surface area contributed by atoms with Gasteiger partial charge in [0.1, 0.15) is 0 Å². The number of hydrogen-bond acceptors (Lipinski definition) is 0. The first-order valence-corrected chi connectivity index (χ1v) is 4.56. The Hall–Kier alpha value is -0.300. The Labute approximate surface area is 70.8 Å². The molecule has 0 fully saturated rings. The maximum Gasteiger partial charge on any atom is -0.0351 e. The Morgan fingerprint density at radius 2 is 1.18 bits per heavy atom. The van der Waals surface area contributed by atoms with E-state index in [1.165, 1.54) is 38.5 Å². The molecule has 0 atom stereocenters. The summed E-state index contributed by atoms with van der Waals surface area (Å²) < 4.78 is 0. The molecule has 1 nitrogen and oxygen atoms in total. The monoisotopic (exact) mass is 158 g/mol. The molecule has 0 unspecified atom stereocenters. The zero-order chi connectivity index (χ0) is 7.66. The molecule has 0 aliphatic heterocycles. The molecule has 0 aromatic heterocycles. The van der Waals surface area contributed by atoms with Crippen molar-refractivity contribution in [2.75, 3.05) is 0 Å². The van der Waals surface area contributed by atoms with E-state index in [4.69, 9.17) is 0 Å². The van der Waals surface area contributed by atoms with E-state index >= 15 is 0 Å². The van der Waals surface area contributed by atoms with E-state index in [2.05, 4.69) is 26.0 Å². The molecule has 0 amide bonds. The standard InChI is InChI=1S/C10H20.H2O/c1-3-5-7-9-10-8-6-4-2;/h9-10H,3-8H2,1-2H3;1H2. The van der Waals surface area contributed by atoms with Crippen LogP contribution in [0.5, 0.6) is 0 Å². The third kappa shape index (κ3) is 12.8. The fraction of sp³-hybridized carbons (Fsp3) is 0.800. The van der Waals surface area contributed by atoms with Crippen LogP contribution in [-0.2, 0) is 0 Å². The van der Waals surface area contributed by atoms with Gasteiger partial charge in [-0.2, -0.15) is 0 Å². The van der Waals surface area contributed by atoms with E-state index in [-0.39, 0.29) is 5.48 Å². The van der Waals surface area contributed by atoms with E-state index < -0.39 is 0 Å². The van der Waals surface area contributed by atoms with Gasteiger partial charge in [-0.25, -0.2) is 0 Å². The number of rotatable bonds is 6. The van der Waals surface area contributed by atoms with Crippen molar-refractivity contribution in [1.29, 1.82) is 0 Å². The highest BCUT2D eigenvalue weighted by Crippen LogP contribution is 1.99. The molecule has 0 aliphatic carbocycles. The average Bonchev–Trinajstić information content (AvgIpc) is 1.97. The highest BCUT2D eigenvalue weighted by Gasteiger charge is 1.78. The lowest BCUT2D eigenvalue weighted by atomic mass is 10.2. The summed E-state index contributed by atoms with van der Waals surface area (Å²) in [5, 5.41) is 0. The van der Waals surface area contributed by atoms with Crippen molar-refractivity contribution in [3.8, 4) is 0 Å². The molecule has 0 aromatic rings. The highest BCUT2D eigenvalue weighted by molar-refractivity contribution is 4.80. The number of allylic oxidation sites excluding steroid dienone is 2. The molecule has 0 saturated heterocycles. The van der Waals surface area contributed by atoms with Crippen molar-refractivity contribution in [2.45, 2.75) is 52.4 Å². The maximum absolute atomic E-state index is 2.32. The fourth-order valence-electron chi connectivity index (χ4n) is 0.880. The Morgan fingerprint density at radius 1 is 0.818 bits per heavy atom. The highest BCUT2D eigenvalue weighted by atomic mass is 16.0. The predicted molar refractivity (Wildman–Crippen MR) is 51.8 cm³/mol. The van der Waals surface area contributed by atoms with Crippen molar-refractivity contribution in [3.63, 3.8) is 0 Å². The minimum atomic E-state index is 0. The second-order valence-electron chi connectivity index (χ2n) is 2.76. The van der Waals surface area contributed by atoms with E-state index in [1.807, 2.05) is 0 Å². The lowest BCUT2D eigenvalue weighted by Crippen LogP contribution is -1.69. The molecule has 1 heteroatoms. The second kappa shape index (κ2) is 12.4. The first-order valence-electron chi connectivity index (χ1n) is 4.56. The van der Waals surface area contributed by atoms with E-state index in [9.17, 15) is 0 Å². The van der Waals surface area contributed by atoms with Crippen LogP contribution >= 0.6 is 0 Å². The molecule has 0 rings (SSSR count). The van der Waals surface area contributed by atoms with Gasteiger partial charge in [-0.3, -0.25) is 0 Å². The summed E-state index contributed by atoms with van der Waals surface area (Å²) in [6.45, 7) is 4.47. The van der Waals surface area contributed by atoms with Gasteiger partial charge in [0.25, 0.3) is 0 Å². The van der Waals surface area contributed by atoms with Gasteiger partial charge < -0.3 is 5.48 Å². The summed E-state index contributed by atoms with van der Waals surface area (Å²) in [5.41, 5.74) is 0.